The van der Waals surface area contributed by atoms with Gasteiger partial charge in [0, 0.05) is 14.3 Å². The van der Waals surface area contributed by atoms with Gasteiger partial charge >= 0.3 is 0 Å². The maximum atomic E-state index is 3.84. The summed E-state index contributed by atoms with van der Waals surface area (Å²) in [5.41, 5.74) is 11.5. The molecular weight excluding hydrogens is 496 g/mol. The summed E-state index contributed by atoms with van der Waals surface area (Å²) in [5, 5.41) is 0. The summed E-state index contributed by atoms with van der Waals surface area (Å²) in [5.74, 6) is 0. The zero-order valence-electron chi connectivity index (χ0n) is 18.7. The highest BCUT2D eigenvalue weighted by Gasteiger charge is 2.48. The van der Waals surface area contributed by atoms with Crippen molar-refractivity contribution in [2.45, 2.75) is 22.1 Å². The van der Waals surface area contributed by atoms with Gasteiger partial charge in [0.25, 0.3) is 0 Å². The Hall–Kier alpha value is -3.07. The minimum Gasteiger partial charge on any atom is -0.0894 e. The first-order valence-electron chi connectivity index (χ1n) is 11.6. The molecule has 5 aromatic carbocycles. The van der Waals surface area contributed by atoms with E-state index < -0.39 is 5.41 Å². The fraction of sp³-hybridized carbons (Fsp3) is 0.0625. The van der Waals surface area contributed by atoms with Crippen LogP contribution in [0.3, 0.4) is 0 Å². The SMILES string of the molecule is Cc1ccc2c(c1)C1(c3ccccc3Sc3ccccc31)c1cc(Br)ccc1-c1ccccc1-2. The Morgan fingerprint density at radius 1 is 0.529 bits per heavy atom. The van der Waals surface area contributed by atoms with Crippen LogP contribution in [0.2, 0.25) is 0 Å². The molecule has 0 amide bonds. The summed E-state index contributed by atoms with van der Waals surface area (Å²) >= 11 is 5.72. The molecule has 5 aromatic rings. The van der Waals surface area contributed by atoms with E-state index in [-0.39, 0.29) is 0 Å². The average molecular weight is 517 g/mol. The minimum atomic E-state index is -0.419. The van der Waals surface area contributed by atoms with Crippen molar-refractivity contribution in [3.8, 4) is 22.3 Å². The van der Waals surface area contributed by atoms with Crippen LogP contribution in [0.4, 0.5) is 0 Å². The monoisotopic (exact) mass is 516 g/mol. The van der Waals surface area contributed by atoms with Gasteiger partial charge in [-0.05, 0) is 75.7 Å². The Labute approximate surface area is 212 Å². The zero-order chi connectivity index (χ0) is 22.9. The fourth-order valence-corrected chi connectivity index (χ4v) is 7.49. The van der Waals surface area contributed by atoms with Gasteiger partial charge in [0.15, 0.2) is 0 Å². The molecule has 0 nitrogen and oxygen atoms in total. The Bertz CT molecular complexity index is 1490. The zero-order valence-corrected chi connectivity index (χ0v) is 21.1. The van der Waals surface area contributed by atoms with Crippen molar-refractivity contribution >= 4 is 27.7 Å². The van der Waals surface area contributed by atoms with E-state index in [0.29, 0.717) is 0 Å². The van der Waals surface area contributed by atoms with E-state index in [1.165, 1.54) is 59.9 Å². The molecule has 0 saturated carbocycles. The average Bonchev–Trinajstić information content (AvgIpc) is 2.96. The van der Waals surface area contributed by atoms with Gasteiger partial charge in [-0.25, -0.2) is 0 Å². The number of rotatable bonds is 0. The highest BCUT2D eigenvalue weighted by molar-refractivity contribution is 9.10. The lowest BCUT2D eigenvalue weighted by Crippen LogP contribution is -2.34. The van der Waals surface area contributed by atoms with Crippen LogP contribution >= 0.6 is 27.7 Å². The van der Waals surface area contributed by atoms with E-state index in [0.717, 1.165) is 4.47 Å². The van der Waals surface area contributed by atoms with E-state index in [1.54, 1.807) is 0 Å². The first kappa shape index (κ1) is 20.3. The summed E-state index contributed by atoms with van der Waals surface area (Å²) < 4.78 is 1.10. The van der Waals surface area contributed by atoms with Gasteiger partial charge in [0.05, 0.1) is 5.41 Å². The molecule has 1 aliphatic heterocycles. The molecule has 0 radical (unpaired) electrons. The summed E-state index contributed by atoms with van der Waals surface area (Å²) in [6.07, 6.45) is 0. The van der Waals surface area contributed by atoms with Crippen LogP contribution in [0.5, 0.6) is 0 Å². The molecule has 2 heteroatoms. The second-order valence-corrected chi connectivity index (χ2v) is 11.1. The van der Waals surface area contributed by atoms with Gasteiger partial charge in [0.1, 0.15) is 0 Å². The van der Waals surface area contributed by atoms with Crippen LogP contribution in [-0.2, 0) is 5.41 Å². The maximum Gasteiger partial charge on any atom is 0.0735 e. The third-order valence-electron chi connectivity index (χ3n) is 7.27. The molecule has 0 N–H and O–H groups in total. The number of hydrogen-bond donors (Lipinski definition) is 0. The van der Waals surface area contributed by atoms with Crippen molar-refractivity contribution in [3.05, 3.63) is 141 Å². The smallest absolute Gasteiger partial charge is 0.0735 e. The van der Waals surface area contributed by atoms with Gasteiger partial charge in [-0.1, -0.05) is 118 Å². The first-order chi connectivity index (χ1) is 16.7. The Morgan fingerprint density at radius 3 is 1.71 bits per heavy atom. The minimum absolute atomic E-state index is 0.419. The van der Waals surface area contributed by atoms with Crippen LogP contribution in [-0.4, -0.2) is 0 Å². The first-order valence-corrected chi connectivity index (χ1v) is 13.2. The molecule has 7 rings (SSSR count). The van der Waals surface area contributed by atoms with Crippen LogP contribution in [0.1, 0.15) is 27.8 Å². The lowest BCUT2D eigenvalue weighted by Gasteiger charge is -2.43. The molecule has 1 heterocycles. The number of fused-ring (bicyclic) bond motifs is 11. The predicted octanol–water partition coefficient (Wildman–Crippen LogP) is 9.25. The molecular formula is C32H21BrS. The normalized spacial score (nSPS) is 14.3. The Kier molecular flexibility index (Phi) is 4.46. The van der Waals surface area contributed by atoms with Crippen LogP contribution in [0.25, 0.3) is 22.3 Å². The van der Waals surface area contributed by atoms with Gasteiger partial charge in [0.2, 0.25) is 0 Å². The second kappa shape index (κ2) is 7.46. The molecule has 2 aliphatic rings. The molecule has 0 bridgehead atoms. The molecule has 0 atom stereocenters. The van der Waals surface area contributed by atoms with Crippen LogP contribution < -0.4 is 0 Å². The Morgan fingerprint density at radius 2 is 1.06 bits per heavy atom. The largest absolute Gasteiger partial charge is 0.0894 e. The number of aryl methyl sites for hydroxylation is 1. The van der Waals surface area contributed by atoms with Crippen molar-refractivity contribution in [2.24, 2.45) is 0 Å². The second-order valence-electron chi connectivity index (χ2n) is 9.13. The summed E-state index contributed by atoms with van der Waals surface area (Å²) in [6, 6.07) is 40.7. The van der Waals surface area contributed by atoms with Gasteiger partial charge < -0.3 is 0 Å². The van der Waals surface area contributed by atoms with Crippen molar-refractivity contribution in [3.63, 3.8) is 0 Å². The highest BCUT2D eigenvalue weighted by Crippen LogP contribution is 2.61. The van der Waals surface area contributed by atoms with E-state index in [2.05, 4.69) is 132 Å². The van der Waals surface area contributed by atoms with Crippen molar-refractivity contribution in [1.82, 2.24) is 0 Å². The van der Waals surface area contributed by atoms with Crippen LogP contribution in [0.15, 0.2) is 123 Å². The molecule has 0 saturated heterocycles. The van der Waals surface area contributed by atoms with Crippen LogP contribution in [0, 0.1) is 6.92 Å². The molecule has 0 fully saturated rings. The van der Waals surface area contributed by atoms with E-state index in [4.69, 9.17) is 0 Å². The van der Waals surface area contributed by atoms with Crippen molar-refractivity contribution < 1.29 is 0 Å². The topological polar surface area (TPSA) is 0 Å². The molecule has 162 valence electrons. The molecule has 1 spiro atoms. The van der Waals surface area contributed by atoms with Gasteiger partial charge in [-0.3, -0.25) is 0 Å². The summed E-state index contributed by atoms with van der Waals surface area (Å²) in [7, 11) is 0. The molecule has 34 heavy (non-hydrogen) atoms. The third kappa shape index (κ3) is 2.67. The standard InChI is InChI=1S/C32H21BrS/c1-20-14-16-24-22-8-2-3-9-23(22)25-17-15-21(33)19-29(25)32(28(24)18-20)26-10-4-6-12-30(26)34-31-13-7-5-11-27(31)32/h2-19H,1H3. The van der Waals surface area contributed by atoms with Gasteiger partial charge in [-0.15, -0.1) is 0 Å². The maximum absolute atomic E-state index is 3.84. The fourth-order valence-electron chi connectivity index (χ4n) is 5.94. The lowest BCUT2D eigenvalue weighted by molar-refractivity contribution is 0.707. The predicted molar refractivity (Wildman–Crippen MR) is 146 cm³/mol. The van der Waals surface area contributed by atoms with Crippen molar-refractivity contribution in [1.29, 1.82) is 0 Å². The summed E-state index contributed by atoms with van der Waals surface area (Å²) in [6.45, 7) is 2.21. The van der Waals surface area contributed by atoms with E-state index in [9.17, 15) is 0 Å². The van der Waals surface area contributed by atoms with E-state index >= 15 is 0 Å². The summed E-state index contributed by atoms with van der Waals surface area (Å²) in [4.78, 5) is 2.65. The lowest BCUT2D eigenvalue weighted by atomic mass is 9.63. The van der Waals surface area contributed by atoms with E-state index in [1.807, 2.05) is 11.8 Å². The highest BCUT2D eigenvalue weighted by atomic mass is 79.9. The van der Waals surface area contributed by atoms with Gasteiger partial charge in [-0.2, -0.15) is 0 Å². The molecule has 1 aliphatic carbocycles. The number of halogens is 1. The third-order valence-corrected chi connectivity index (χ3v) is 8.92. The number of benzene rings is 5. The van der Waals surface area contributed by atoms with Crippen molar-refractivity contribution in [2.75, 3.05) is 0 Å². The molecule has 0 aromatic heterocycles. The number of hydrogen-bond acceptors (Lipinski definition) is 1. The quantitative estimate of drug-likeness (QED) is 0.193. The molecule has 0 unspecified atom stereocenters. The Balaban J connectivity index is 1.79.